The molecule has 1 unspecified atom stereocenters. The minimum atomic E-state index is 0.379. The molecule has 0 aliphatic rings. The van der Waals surface area contributed by atoms with Crippen molar-refractivity contribution in [2.75, 3.05) is 0 Å². The van der Waals surface area contributed by atoms with E-state index in [1.54, 1.807) is 0 Å². The van der Waals surface area contributed by atoms with Crippen LogP contribution in [0, 0.1) is 11.8 Å². The van der Waals surface area contributed by atoms with Gasteiger partial charge >= 0.3 is 106 Å². The van der Waals surface area contributed by atoms with Crippen molar-refractivity contribution in [3.63, 3.8) is 0 Å². The van der Waals surface area contributed by atoms with Crippen LogP contribution in [0.2, 0.25) is 5.82 Å². The van der Waals surface area contributed by atoms with Gasteiger partial charge in [0, 0.05) is 0 Å². The SMILES string of the molecule is CC#CCCCC(C)([Se]C)c1ccccc1. The Morgan fingerprint density at radius 2 is 1.94 bits per heavy atom. The van der Waals surface area contributed by atoms with E-state index in [-0.39, 0.29) is 0 Å². The second kappa shape index (κ2) is 6.79. The molecule has 0 saturated carbocycles. The van der Waals surface area contributed by atoms with E-state index in [0.29, 0.717) is 19.3 Å². The van der Waals surface area contributed by atoms with Crippen molar-refractivity contribution in [2.24, 2.45) is 0 Å². The van der Waals surface area contributed by atoms with Crippen molar-refractivity contribution >= 4 is 15.0 Å². The van der Waals surface area contributed by atoms with Crippen molar-refractivity contribution in [1.29, 1.82) is 0 Å². The van der Waals surface area contributed by atoms with Gasteiger partial charge in [0.05, 0.1) is 0 Å². The van der Waals surface area contributed by atoms with Gasteiger partial charge in [-0.1, -0.05) is 0 Å². The molecule has 16 heavy (non-hydrogen) atoms. The van der Waals surface area contributed by atoms with Crippen LogP contribution < -0.4 is 0 Å². The Hall–Kier alpha value is -0.701. The number of rotatable bonds is 5. The molecule has 0 amide bonds. The fraction of sp³-hybridized carbons (Fsp3) is 0.467. The van der Waals surface area contributed by atoms with Crippen molar-refractivity contribution in [2.45, 2.75) is 43.2 Å². The summed E-state index contributed by atoms with van der Waals surface area (Å²) >= 11 is 0.633. The number of benzene rings is 1. The number of hydrogen-bond donors (Lipinski definition) is 0. The van der Waals surface area contributed by atoms with E-state index in [4.69, 9.17) is 0 Å². The molecule has 0 heterocycles. The van der Waals surface area contributed by atoms with Gasteiger partial charge in [0.25, 0.3) is 0 Å². The zero-order chi connectivity index (χ0) is 11.9. The molecule has 1 atom stereocenters. The van der Waals surface area contributed by atoms with E-state index in [1.807, 2.05) is 6.92 Å². The topological polar surface area (TPSA) is 0 Å². The Bertz CT molecular complexity index is 358. The van der Waals surface area contributed by atoms with Crippen molar-refractivity contribution < 1.29 is 0 Å². The van der Waals surface area contributed by atoms with Crippen LogP contribution in [0.4, 0.5) is 0 Å². The third kappa shape index (κ3) is 3.71. The van der Waals surface area contributed by atoms with E-state index >= 15 is 0 Å². The molecule has 0 N–H and O–H groups in total. The second-order valence-corrected chi connectivity index (χ2v) is 6.83. The zero-order valence-corrected chi connectivity index (χ0v) is 12.1. The summed E-state index contributed by atoms with van der Waals surface area (Å²) in [5.74, 6) is 8.46. The predicted molar refractivity (Wildman–Crippen MR) is 72.7 cm³/mol. The summed E-state index contributed by atoms with van der Waals surface area (Å²) < 4.78 is 0.379. The first kappa shape index (κ1) is 13.4. The number of hydrogen-bond acceptors (Lipinski definition) is 0. The molecule has 0 fully saturated rings. The molecule has 1 aromatic rings. The Balaban J connectivity index is 2.65. The molecule has 86 valence electrons. The van der Waals surface area contributed by atoms with E-state index in [0.717, 1.165) is 6.42 Å². The van der Waals surface area contributed by atoms with Crippen LogP contribution in [0.1, 0.15) is 38.7 Å². The molecule has 0 radical (unpaired) electrons. The summed E-state index contributed by atoms with van der Waals surface area (Å²) in [6.07, 6.45) is 3.50. The molecular formula is C15H20Se. The van der Waals surface area contributed by atoms with Crippen LogP contribution in [0.3, 0.4) is 0 Å². The third-order valence-corrected chi connectivity index (χ3v) is 5.78. The van der Waals surface area contributed by atoms with Crippen LogP contribution in [0.5, 0.6) is 0 Å². The average Bonchev–Trinajstić information content (AvgIpc) is 2.35. The summed E-state index contributed by atoms with van der Waals surface area (Å²) in [5.41, 5.74) is 1.49. The Morgan fingerprint density at radius 1 is 1.25 bits per heavy atom. The fourth-order valence-electron chi connectivity index (χ4n) is 1.79. The molecule has 0 aliphatic heterocycles. The molecule has 0 saturated heterocycles. The molecule has 1 heteroatoms. The maximum atomic E-state index is 3.15. The number of unbranched alkanes of at least 4 members (excludes halogenated alkanes) is 1. The summed E-state index contributed by atoms with van der Waals surface area (Å²) in [7, 11) is 0. The third-order valence-electron chi connectivity index (χ3n) is 2.97. The maximum absolute atomic E-state index is 3.15. The van der Waals surface area contributed by atoms with Gasteiger partial charge in [0.2, 0.25) is 0 Å². The van der Waals surface area contributed by atoms with Crippen LogP contribution in [0.15, 0.2) is 30.3 Å². The monoisotopic (exact) mass is 280 g/mol. The average molecular weight is 279 g/mol. The normalized spacial score (nSPS) is 13.7. The Labute approximate surface area is 106 Å². The van der Waals surface area contributed by atoms with Crippen molar-refractivity contribution in [3.8, 4) is 11.8 Å². The van der Waals surface area contributed by atoms with Gasteiger partial charge in [-0.25, -0.2) is 0 Å². The molecule has 1 aromatic carbocycles. The Kier molecular flexibility index (Phi) is 5.67. The van der Waals surface area contributed by atoms with Gasteiger partial charge in [-0.2, -0.15) is 0 Å². The van der Waals surface area contributed by atoms with Crippen LogP contribution >= 0.6 is 0 Å². The molecular weight excluding hydrogens is 259 g/mol. The van der Waals surface area contributed by atoms with Crippen LogP contribution in [0.25, 0.3) is 0 Å². The molecule has 0 nitrogen and oxygen atoms in total. The fourth-order valence-corrected chi connectivity index (χ4v) is 3.31. The van der Waals surface area contributed by atoms with Gasteiger partial charge in [0.15, 0.2) is 0 Å². The van der Waals surface area contributed by atoms with E-state index < -0.39 is 0 Å². The van der Waals surface area contributed by atoms with E-state index in [9.17, 15) is 0 Å². The second-order valence-electron chi connectivity index (χ2n) is 4.08. The minimum absolute atomic E-state index is 0.379. The van der Waals surface area contributed by atoms with Gasteiger partial charge in [-0.3, -0.25) is 0 Å². The summed E-state index contributed by atoms with van der Waals surface area (Å²) in [6, 6.07) is 10.9. The molecule has 0 spiro atoms. The van der Waals surface area contributed by atoms with E-state index in [1.165, 1.54) is 18.4 Å². The summed E-state index contributed by atoms with van der Waals surface area (Å²) in [6.45, 7) is 4.31. The summed E-state index contributed by atoms with van der Waals surface area (Å²) in [4.78, 5) is 0. The van der Waals surface area contributed by atoms with Crippen molar-refractivity contribution in [1.82, 2.24) is 0 Å². The van der Waals surface area contributed by atoms with Gasteiger partial charge in [0.1, 0.15) is 0 Å². The van der Waals surface area contributed by atoms with Gasteiger partial charge < -0.3 is 0 Å². The molecule has 0 aliphatic carbocycles. The first-order chi connectivity index (χ1) is 7.73. The predicted octanol–water partition coefficient (Wildman–Crippen LogP) is 3.85. The van der Waals surface area contributed by atoms with E-state index in [2.05, 4.69) is 54.9 Å². The Morgan fingerprint density at radius 3 is 2.50 bits per heavy atom. The van der Waals surface area contributed by atoms with Crippen molar-refractivity contribution in [3.05, 3.63) is 35.9 Å². The molecule has 0 bridgehead atoms. The van der Waals surface area contributed by atoms with Crippen LogP contribution in [-0.4, -0.2) is 15.0 Å². The summed E-state index contributed by atoms with van der Waals surface area (Å²) in [5, 5.41) is 0. The van der Waals surface area contributed by atoms with Crippen LogP contribution in [-0.2, 0) is 4.31 Å². The van der Waals surface area contributed by atoms with Gasteiger partial charge in [-0.15, -0.1) is 0 Å². The zero-order valence-electron chi connectivity index (χ0n) is 10.4. The molecule has 1 rings (SSSR count). The van der Waals surface area contributed by atoms with Gasteiger partial charge in [-0.05, 0) is 0 Å². The standard InChI is InChI=1S/C15H20Se/c1-4-5-6-10-13-15(2,16-3)14-11-8-7-9-12-14/h7-9,11-12H,6,10,13H2,1-3H3. The molecule has 0 aromatic heterocycles. The quantitative estimate of drug-likeness (QED) is 0.436. The first-order valence-corrected chi connectivity index (χ1v) is 8.30. The first-order valence-electron chi connectivity index (χ1n) is 5.73.